The van der Waals surface area contributed by atoms with Gasteiger partial charge in [-0.3, -0.25) is 9.69 Å². The highest BCUT2D eigenvalue weighted by Gasteiger charge is 2.26. The minimum absolute atomic E-state index is 0.0483. The SMILES string of the molecule is Nc1nonc1-n1nnc(C(=O)N/N=C\c2ccc(Cl)cc2Cl)c1CN1CCCCC1. The van der Waals surface area contributed by atoms with Crippen LogP contribution < -0.4 is 11.2 Å². The molecule has 0 bridgehead atoms. The Bertz CT molecular complexity index is 1110. The number of nitrogens with zero attached hydrogens (tertiary/aromatic N) is 7. The average molecular weight is 464 g/mol. The van der Waals surface area contributed by atoms with Gasteiger partial charge in [-0.05, 0) is 48.4 Å². The van der Waals surface area contributed by atoms with Crippen molar-refractivity contribution in [3.63, 3.8) is 0 Å². The first-order valence-corrected chi connectivity index (χ1v) is 10.3. The predicted molar refractivity (Wildman–Crippen MR) is 114 cm³/mol. The largest absolute Gasteiger partial charge is 0.378 e. The smallest absolute Gasteiger partial charge is 0.293 e. The van der Waals surface area contributed by atoms with Crippen molar-refractivity contribution >= 4 is 41.1 Å². The summed E-state index contributed by atoms with van der Waals surface area (Å²) >= 11 is 12.0. The van der Waals surface area contributed by atoms with Crippen LogP contribution in [0.15, 0.2) is 27.9 Å². The Morgan fingerprint density at radius 2 is 2.06 bits per heavy atom. The van der Waals surface area contributed by atoms with Gasteiger partial charge in [0.2, 0.25) is 11.6 Å². The van der Waals surface area contributed by atoms with Crippen LogP contribution in [0, 0.1) is 0 Å². The van der Waals surface area contributed by atoms with E-state index in [-0.39, 0.29) is 17.3 Å². The van der Waals surface area contributed by atoms with E-state index in [0.717, 1.165) is 25.9 Å². The van der Waals surface area contributed by atoms with E-state index in [9.17, 15) is 4.79 Å². The molecule has 0 atom stereocenters. The van der Waals surface area contributed by atoms with Crippen molar-refractivity contribution in [2.45, 2.75) is 25.8 Å². The molecule has 3 heterocycles. The van der Waals surface area contributed by atoms with E-state index >= 15 is 0 Å². The molecule has 4 rings (SSSR count). The Kier molecular flexibility index (Phi) is 6.44. The molecule has 1 aliphatic rings. The number of piperidine rings is 1. The lowest BCUT2D eigenvalue weighted by Crippen LogP contribution is -2.31. The minimum Gasteiger partial charge on any atom is -0.378 e. The number of amides is 1. The van der Waals surface area contributed by atoms with Crippen molar-refractivity contribution < 1.29 is 9.42 Å². The van der Waals surface area contributed by atoms with Crippen LogP contribution in [0.2, 0.25) is 10.0 Å². The van der Waals surface area contributed by atoms with Crippen molar-refractivity contribution in [1.29, 1.82) is 0 Å². The molecule has 0 spiro atoms. The third-order valence-electron chi connectivity index (χ3n) is 4.83. The number of nitrogens with one attached hydrogen (secondary N) is 1. The number of rotatable bonds is 6. The molecule has 3 N–H and O–H groups in total. The summed E-state index contributed by atoms with van der Waals surface area (Å²) in [7, 11) is 0. The number of hydrogen-bond acceptors (Lipinski definition) is 9. The van der Waals surface area contributed by atoms with Crippen LogP contribution in [0.3, 0.4) is 0 Å². The van der Waals surface area contributed by atoms with Gasteiger partial charge in [-0.25, -0.2) is 10.1 Å². The fourth-order valence-electron chi connectivity index (χ4n) is 3.28. The monoisotopic (exact) mass is 463 g/mol. The second kappa shape index (κ2) is 9.41. The van der Waals surface area contributed by atoms with Crippen molar-refractivity contribution in [2.24, 2.45) is 5.10 Å². The molecular formula is C18H19Cl2N9O2. The first-order valence-electron chi connectivity index (χ1n) is 9.56. The normalized spacial score (nSPS) is 14.9. The van der Waals surface area contributed by atoms with E-state index < -0.39 is 5.91 Å². The molecule has 0 radical (unpaired) electrons. The molecule has 31 heavy (non-hydrogen) atoms. The van der Waals surface area contributed by atoms with Crippen LogP contribution in [0.4, 0.5) is 5.82 Å². The number of benzene rings is 1. The summed E-state index contributed by atoms with van der Waals surface area (Å²) in [6, 6.07) is 4.96. The standard InChI is InChI=1S/C18H19Cl2N9O2/c19-12-5-4-11(13(20)8-12)9-22-24-18(30)15-14(10-28-6-2-1-3-7-28)29(27-23-15)17-16(21)25-31-26-17/h4-5,8-9H,1-3,6-7,10H2,(H2,21,25)(H,24,30)/b22-9-. The lowest BCUT2D eigenvalue weighted by molar-refractivity contribution is 0.0947. The number of hydrazone groups is 1. The Labute approximate surface area is 187 Å². The number of anilines is 1. The minimum atomic E-state index is -0.533. The van der Waals surface area contributed by atoms with Crippen LogP contribution in [0.25, 0.3) is 5.82 Å². The molecule has 3 aromatic rings. The maximum Gasteiger partial charge on any atom is 0.293 e. The predicted octanol–water partition coefficient (Wildman–Crippen LogP) is 2.29. The summed E-state index contributed by atoms with van der Waals surface area (Å²) in [4.78, 5) is 15.0. The number of nitrogens with two attached hydrogens (primary N) is 1. The third kappa shape index (κ3) is 4.84. The summed E-state index contributed by atoms with van der Waals surface area (Å²) in [6.45, 7) is 2.26. The van der Waals surface area contributed by atoms with Gasteiger partial charge in [0.05, 0.1) is 16.9 Å². The van der Waals surface area contributed by atoms with E-state index in [1.165, 1.54) is 17.3 Å². The van der Waals surface area contributed by atoms with E-state index in [4.69, 9.17) is 28.9 Å². The molecule has 1 aromatic carbocycles. The Morgan fingerprint density at radius 3 is 2.77 bits per heavy atom. The van der Waals surface area contributed by atoms with Gasteiger partial charge in [0.1, 0.15) is 0 Å². The Morgan fingerprint density at radius 1 is 1.26 bits per heavy atom. The molecule has 1 amide bonds. The number of hydrogen-bond donors (Lipinski definition) is 2. The summed E-state index contributed by atoms with van der Waals surface area (Å²) in [6.07, 6.45) is 4.78. The van der Waals surface area contributed by atoms with Crippen molar-refractivity contribution in [1.82, 2.24) is 35.6 Å². The molecule has 0 saturated carbocycles. The van der Waals surface area contributed by atoms with E-state index in [1.807, 2.05) is 0 Å². The zero-order valence-corrected chi connectivity index (χ0v) is 17.8. The number of halogens is 2. The highest BCUT2D eigenvalue weighted by atomic mass is 35.5. The molecule has 1 fully saturated rings. The Hall–Kier alpha value is -3.02. The fraction of sp³-hybridized carbons (Fsp3) is 0.333. The molecule has 11 nitrogen and oxygen atoms in total. The van der Waals surface area contributed by atoms with Crippen LogP contribution in [0.5, 0.6) is 0 Å². The summed E-state index contributed by atoms with van der Waals surface area (Å²) in [5, 5.41) is 20.3. The Balaban J connectivity index is 1.57. The van der Waals surface area contributed by atoms with Crippen LogP contribution in [0.1, 0.15) is 41.0 Å². The van der Waals surface area contributed by atoms with Gasteiger partial charge < -0.3 is 5.73 Å². The molecule has 1 saturated heterocycles. The van der Waals surface area contributed by atoms with Gasteiger partial charge in [0.25, 0.3) is 5.91 Å². The van der Waals surface area contributed by atoms with Gasteiger partial charge in [-0.1, -0.05) is 40.9 Å². The van der Waals surface area contributed by atoms with Gasteiger partial charge in [0, 0.05) is 17.1 Å². The highest BCUT2D eigenvalue weighted by Crippen LogP contribution is 2.21. The number of likely N-dealkylation sites (tertiary alicyclic amines) is 1. The molecule has 0 aliphatic carbocycles. The lowest BCUT2D eigenvalue weighted by Gasteiger charge is -2.26. The van der Waals surface area contributed by atoms with Gasteiger partial charge in [0.15, 0.2) is 5.69 Å². The van der Waals surface area contributed by atoms with Crippen LogP contribution in [-0.2, 0) is 6.54 Å². The maximum atomic E-state index is 12.8. The number of carbonyl (C=O) groups is 1. The number of carbonyl (C=O) groups excluding carboxylic acids is 1. The lowest BCUT2D eigenvalue weighted by atomic mass is 10.1. The second-order valence-electron chi connectivity index (χ2n) is 6.97. The number of nitrogen functional groups attached to an aromatic ring is 1. The fourth-order valence-corrected chi connectivity index (χ4v) is 3.73. The average Bonchev–Trinajstić information content (AvgIpc) is 3.36. The van der Waals surface area contributed by atoms with Crippen LogP contribution >= 0.6 is 23.2 Å². The highest BCUT2D eigenvalue weighted by molar-refractivity contribution is 6.36. The van der Waals surface area contributed by atoms with Crippen molar-refractivity contribution in [3.8, 4) is 5.82 Å². The van der Waals surface area contributed by atoms with Crippen LogP contribution in [-0.4, -0.2) is 55.4 Å². The van der Waals surface area contributed by atoms with E-state index in [0.29, 0.717) is 27.8 Å². The third-order valence-corrected chi connectivity index (χ3v) is 5.39. The topological polar surface area (TPSA) is 140 Å². The summed E-state index contributed by atoms with van der Waals surface area (Å²) in [5.41, 5.74) is 9.49. The van der Waals surface area contributed by atoms with E-state index in [1.54, 1.807) is 18.2 Å². The van der Waals surface area contributed by atoms with Gasteiger partial charge >= 0.3 is 0 Å². The van der Waals surface area contributed by atoms with Gasteiger partial charge in [-0.15, -0.1) is 5.10 Å². The molecule has 0 unspecified atom stereocenters. The van der Waals surface area contributed by atoms with Crippen molar-refractivity contribution in [2.75, 3.05) is 18.8 Å². The second-order valence-corrected chi connectivity index (χ2v) is 7.82. The number of aromatic nitrogens is 5. The first kappa shape index (κ1) is 21.2. The molecule has 13 heteroatoms. The zero-order chi connectivity index (χ0) is 21.8. The first-order chi connectivity index (χ1) is 15.0. The quantitative estimate of drug-likeness (QED) is 0.418. The van der Waals surface area contributed by atoms with Crippen molar-refractivity contribution in [3.05, 3.63) is 45.2 Å². The molecular weight excluding hydrogens is 445 g/mol. The van der Waals surface area contributed by atoms with Gasteiger partial charge in [-0.2, -0.15) is 9.78 Å². The summed E-state index contributed by atoms with van der Waals surface area (Å²) < 4.78 is 6.04. The van der Waals surface area contributed by atoms with E-state index in [2.05, 4.69) is 40.7 Å². The molecule has 1 aliphatic heterocycles. The zero-order valence-electron chi connectivity index (χ0n) is 16.3. The maximum absolute atomic E-state index is 12.8. The summed E-state index contributed by atoms with van der Waals surface area (Å²) in [5.74, 6) is -0.309. The molecule has 162 valence electrons. The molecule has 2 aromatic heterocycles.